The van der Waals surface area contributed by atoms with Gasteiger partial charge >= 0.3 is 0 Å². The van der Waals surface area contributed by atoms with Crippen LogP contribution in [0, 0.1) is 6.92 Å². The number of benzene rings is 2. The maximum absolute atomic E-state index is 3.67. The van der Waals surface area contributed by atoms with Crippen LogP contribution in [0.25, 0.3) is 0 Å². The van der Waals surface area contributed by atoms with Crippen LogP contribution in [-0.4, -0.2) is 14.1 Å². The molecule has 0 bridgehead atoms. The van der Waals surface area contributed by atoms with Gasteiger partial charge in [-0.2, -0.15) is 0 Å². The zero-order valence-electron chi connectivity index (χ0n) is 13.2. The molecule has 0 radical (unpaired) electrons. The molecule has 0 aliphatic rings. The van der Waals surface area contributed by atoms with Crippen LogP contribution in [0.4, 0.5) is 11.4 Å². The van der Waals surface area contributed by atoms with E-state index in [-0.39, 0.29) is 0 Å². The first-order chi connectivity index (χ1) is 10.0. The van der Waals surface area contributed by atoms with Crippen molar-refractivity contribution in [2.45, 2.75) is 26.3 Å². The largest absolute Gasteiger partial charge is 0.378 e. The zero-order valence-corrected chi connectivity index (χ0v) is 14.7. The van der Waals surface area contributed by atoms with Crippen molar-refractivity contribution in [3.63, 3.8) is 0 Å². The Hall–Kier alpha value is -1.48. The van der Waals surface area contributed by atoms with Crippen LogP contribution in [0.1, 0.15) is 30.5 Å². The van der Waals surface area contributed by atoms with Gasteiger partial charge in [-0.25, -0.2) is 0 Å². The van der Waals surface area contributed by atoms with Crippen molar-refractivity contribution in [2.24, 2.45) is 0 Å². The number of hydrogen-bond donors (Lipinski definition) is 1. The molecule has 0 spiro atoms. The Morgan fingerprint density at radius 1 is 1.14 bits per heavy atom. The number of anilines is 2. The smallest absolute Gasteiger partial charge is 0.0511 e. The van der Waals surface area contributed by atoms with Gasteiger partial charge in [-0.15, -0.1) is 0 Å². The van der Waals surface area contributed by atoms with Gasteiger partial charge in [0.25, 0.3) is 0 Å². The highest BCUT2D eigenvalue weighted by Gasteiger charge is 2.11. The fourth-order valence-electron chi connectivity index (χ4n) is 2.42. The first kappa shape index (κ1) is 15.9. The van der Waals surface area contributed by atoms with Crippen molar-refractivity contribution in [3.8, 4) is 0 Å². The number of rotatable bonds is 5. The summed E-state index contributed by atoms with van der Waals surface area (Å²) in [5.74, 6) is 0. The highest BCUT2D eigenvalue weighted by atomic mass is 79.9. The van der Waals surface area contributed by atoms with Crippen molar-refractivity contribution >= 4 is 27.3 Å². The Morgan fingerprint density at radius 2 is 1.90 bits per heavy atom. The SMILES string of the molecule is CCC(Nc1ccc(N(C)C)cc1C)c1cccc(Br)c1. The van der Waals surface area contributed by atoms with Gasteiger partial charge in [-0.1, -0.05) is 35.0 Å². The molecular weight excluding hydrogens is 324 g/mol. The first-order valence-electron chi connectivity index (χ1n) is 7.31. The first-order valence-corrected chi connectivity index (χ1v) is 8.10. The van der Waals surface area contributed by atoms with Gasteiger partial charge in [0, 0.05) is 29.9 Å². The van der Waals surface area contributed by atoms with Gasteiger partial charge in [0.1, 0.15) is 0 Å². The van der Waals surface area contributed by atoms with Crippen LogP contribution in [0.2, 0.25) is 0 Å². The average Bonchev–Trinajstić information content (AvgIpc) is 2.45. The van der Waals surface area contributed by atoms with E-state index in [1.807, 2.05) is 0 Å². The second kappa shape index (κ2) is 6.99. The quantitative estimate of drug-likeness (QED) is 0.780. The van der Waals surface area contributed by atoms with Crippen LogP contribution in [0.5, 0.6) is 0 Å². The Balaban J connectivity index is 2.23. The van der Waals surface area contributed by atoms with E-state index in [2.05, 4.69) is 96.6 Å². The molecule has 2 nitrogen and oxygen atoms in total. The Labute approximate surface area is 136 Å². The van der Waals surface area contributed by atoms with E-state index in [1.54, 1.807) is 0 Å². The van der Waals surface area contributed by atoms with Gasteiger partial charge in [0.15, 0.2) is 0 Å². The Kier molecular flexibility index (Phi) is 5.29. The highest BCUT2D eigenvalue weighted by molar-refractivity contribution is 9.10. The number of nitrogens with one attached hydrogen (secondary N) is 1. The van der Waals surface area contributed by atoms with E-state index in [9.17, 15) is 0 Å². The van der Waals surface area contributed by atoms with Gasteiger partial charge in [0.05, 0.1) is 6.04 Å². The molecule has 3 heteroatoms. The minimum Gasteiger partial charge on any atom is -0.378 e. The molecule has 0 heterocycles. The van der Waals surface area contributed by atoms with Crippen LogP contribution < -0.4 is 10.2 Å². The summed E-state index contributed by atoms with van der Waals surface area (Å²) in [6.45, 7) is 4.37. The molecule has 1 atom stereocenters. The lowest BCUT2D eigenvalue weighted by Gasteiger charge is -2.22. The molecule has 112 valence electrons. The second-order valence-electron chi connectivity index (χ2n) is 5.55. The van der Waals surface area contributed by atoms with Crippen molar-refractivity contribution in [2.75, 3.05) is 24.3 Å². The summed E-state index contributed by atoms with van der Waals surface area (Å²) in [5, 5.41) is 3.67. The lowest BCUT2D eigenvalue weighted by atomic mass is 10.0. The summed E-state index contributed by atoms with van der Waals surface area (Å²) < 4.78 is 1.12. The van der Waals surface area contributed by atoms with E-state index in [0.29, 0.717) is 6.04 Å². The molecule has 0 aliphatic carbocycles. The molecule has 0 saturated carbocycles. The summed E-state index contributed by atoms with van der Waals surface area (Å²) in [6, 6.07) is 15.4. The maximum Gasteiger partial charge on any atom is 0.0511 e. The predicted molar refractivity (Wildman–Crippen MR) is 96.3 cm³/mol. The summed E-state index contributed by atoms with van der Waals surface area (Å²) in [5.41, 5.74) is 5.01. The van der Waals surface area contributed by atoms with Gasteiger partial charge in [-0.05, 0) is 54.8 Å². The van der Waals surface area contributed by atoms with E-state index in [4.69, 9.17) is 0 Å². The molecule has 2 aromatic carbocycles. The maximum atomic E-state index is 3.67. The third-order valence-corrected chi connectivity index (χ3v) is 4.21. The fourth-order valence-corrected chi connectivity index (χ4v) is 2.84. The third kappa shape index (κ3) is 4.01. The topological polar surface area (TPSA) is 15.3 Å². The molecule has 2 aromatic rings. The monoisotopic (exact) mass is 346 g/mol. The summed E-state index contributed by atoms with van der Waals surface area (Å²) >= 11 is 3.55. The molecule has 0 aromatic heterocycles. The average molecular weight is 347 g/mol. The van der Waals surface area contributed by atoms with E-state index >= 15 is 0 Å². The molecule has 0 amide bonds. The summed E-state index contributed by atoms with van der Waals surface area (Å²) in [4.78, 5) is 2.13. The number of halogens is 1. The summed E-state index contributed by atoms with van der Waals surface area (Å²) in [7, 11) is 4.14. The van der Waals surface area contributed by atoms with E-state index in [0.717, 1.165) is 10.9 Å². The predicted octanol–water partition coefficient (Wildman–Crippen LogP) is 5.39. The number of aryl methyl sites for hydroxylation is 1. The lowest BCUT2D eigenvalue weighted by Crippen LogP contribution is -2.12. The van der Waals surface area contributed by atoms with Crippen LogP contribution in [-0.2, 0) is 0 Å². The normalized spacial score (nSPS) is 12.0. The van der Waals surface area contributed by atoms with Gasteiger partial charge in [0.2, 0.25) is 0 Å². The van der Waals surface area contributed by atoms with Crippen molar-refractivity contribution < 1.29 is 0 Å². The van der Waals surface area contributed by atoms with E-state index < -0.39 is 0 Å². The molecule has 1 unspecified atom stereocenters. The Morgan fingerprint density at radius 3 is 2.48 bits per heavy atom. The molecular formula is C18H23BrN2. The molecule has 0 fully saturated rings. The number of nitrogens with zero attached hydrogens (tertiary/aromatic N) is 1. The summed E-state index contributed by atoms with van der Waals surface area (Å²) in [6.07, 6.45) is 1.05. The van der Waals surface area contributed by atoms with Crippen LogP contribution in [0.15, 0.2) is 46.9 Å². The van der Waals surface area contributed by atoms with Crippen LogP contribution in [0.3, 0.4) is 0 Å². The fraction of sp³-hybridized carbons (Fsp3) is 0.333. The lowest BCUT2D eigenvalue weighted by molar-refractivity contribution is 0.748. The van der Waals surface area contributed by atoms with Gasteiger partial charge < -0.3 is 10.2 Å². The van der Waals surface area contributed by atoms with Crippen LogP contribution >= 0.6 is 15.9 Å². The highest BCUT2D eigenvalue weighted by Crippen LogP contribution is 2.28. The minimum absolute atomic E-state index is 0.325. The Bertz CT molecular complexity index is 608. The van der Waals surface area contributed by atoms with Crippen molar-refractivity contribution in [1.29, 1.82) is 0 Å². The molecule has 0 aliphatic heterocycles. The van der Waals surface area contributed by atoms with Crippen molar-refractivity contribution in [1.82, 2.24) is 0 Å². The van der Waals surface area contributed by atoms with E-state index in [1.165, 1.54) is 22.5 Å². The third-order valence-electron chi connectivity index (χ3n) is 3.72. The second-order valence-corrected chi connectivity index (χ2v) is 6.47. The molecule has 0 saturated heterocycles. The minimum atomic E-state index is 0.325. The molecule has 1 N–H and O–H groups in total. The molecule has 2 rings (SSSR count). The standard InChI is InChI=1S/C18H23BrN2/c1-5-17(14-7-6-8-15(19)12-14)20-18-10-9-16(21(3)4)11-13(18)2/h6-12,17,20H,5H2,1-4H3. The van der Waals surface area contributed by atoms with Crippen molar-refractivity contribution in [3.05, 3.63) is 58.1 Å². The number of hydrogen-bond acceptors (Lipinski definition) is 2. The zero-order chi connectivity index (χ0) is 15.4. The van der Waals surface area contributed by atoms with Gasteiger partial charge in [-0.3, -0.25) is 0 Å². The molecule has 21 heavy (non-hydrogen) atoms.